The summed E-state index contributed by atoms with van der Waals surface area (Å²) in [6, 6.07) is 33.9. The van der Waals surface area contributed by atoms with Crippen molar-refractivity contribution in [3.8, 4) is 11.5 Å². The summed E-state index contributed by atoms with van der Waals surface area (Å²) in [6.45, 7) is 12.2. The average molecular weight is 778 g/mol. The third-order valence-corrected chi connectivity index (χ3v) is 15.3. The van der Waals surface area contributed by atoms with Crippen LogP contribution in [0.4, 0.5) is 5.82 Å². The van der Waals surface area contributed by atoms with Crippen LogP contribution in [0.15, 0.2) is 120 Å². The molecule has 11 nitrogen and oxygen atoms in total. The number of benzene rings is 4. The first kappa shape index (κ1) is 40.5. The normalized spacial score (nSPS) is 18.7. The summed E-state index contributed by atoms with van der Waals surface area (Å²) in [5.41, 5.74) is 1.59. The third kappa shape index (κ3) is 8.21. The van der Waals surface area contributed by atoms with Crippen LogP contribution in [0.25, 0.3) is 0 Å². The molecule has 56 heavy (non-hydrogen) atoms. The highest BCUT2D eigenvalue weighted by molar-refractivity contribution is 6.74. The molecule has 4 aromatic carbocycles. The fourth-order valence-electron chi connectivity index (χ4n) is 6.65. The number of methoxy groups -OCH3 is 2. The van der Waals surface area contributed by atoms with E-state index in [4.69, 9.17) is 23.4 Å². The van der Waals surface area contributed by atoms with E-state index in [1.54, 1.807) is 51.6 Å². The molecule has 2 unspecified atom stereocenters. The second-order valence-electron chi connectivity index (χ2n) is 15.5. The summed E-state index contributed by atoms with van der Waals surface area (Å²) in [6.07, 6.45) is -2.54. The number of aromatic nitrogens is 2. The number of hydrogen-bond acceptors (Lipinski definition) is 9. The van der Waals surface area contributed by atoms with E-state index in [0.29, 0.717) is 22.6 Å². The van der Waals surface area contributed by atoms with E-state index in [1.165, 1.54) is 4.57 Å². The summed E-state index contributed by atoms with van der Waals surface area (Å²) in [7, 11) is 0.687. The second kappa shape index (κ2) is 16.5. The van der Waals surface area contributed by atoms with E-state index in [9.17, 15) is 14.7 Å². The van der Waals surface area contributed by atoms with Crippen molar-refractivity contribution in [2.45, 2.75) is 76.0 Å². The molecule has 0 radical (unpaired) electrons. The molecule has 1 amide bonds. The number of nitrogens with one attached hydrogen (secondary N) is 1. The molecular weight excluding hydrogens is 727 g/mol. The smallest absolute Gasteiger partial charge is 0.351 e. The molecule has 1 aromatic heterocycles. The van der Waals surface area contributed by atoms with Crippen LogP contribution in [0.5, 0.6) is 11.5 Å². The van der Waals surface area contributed by atoms with Gasteiger partial charge in [0.15, 0.2) is 14.5 Å². The van der Waals surface area contributed by atoms with Gasteiger partial charge in [-0.15, -0.1) is 0 Å². The van der Waals surface area contributed by atoms with E-state index in [0.717, 1.165) is 16.7 Å². The first-order valence-electron chi connectivity index (χ1n) is 18.6. The minimum atomic E-state index is -2.55. The number of hydrogen-bond donors (Lipinski definition) is 2. The molecular formula is C44H51N3O8Si. The quantitative estimate of drug-likeness (QED) is 0.0924. The van der Waals surface area contributed by atoms with Crippen LogP contribution in [-0.2, 0) is 19.5 Å². The van der Waals surface area contributed by atoms with Crippen LogP contribution in [-0.4, -0.2) is 68.0 Å². The Morgan fingerprint density at radius 3 is 1.88 bits per heavy atom. The number of aliphatic hydroxyl groups is 1. The van der Waals surface area contributed by atoms with E-state index < -0.39 is 50.1 Å². The van der Waals surface area contributed by atoms with Gasteiger partial charge < -0.3 is 33.8 Å². The van der Waals surface area contributed by atoms with Crippen molar-refractivity contribution in [3.63, 3.8) is 0 Å². The Labute approximate surface area is 329 Å². The van der Waals surface area contributed by atoms with Gasteiger partial charge in [0.2, 0.25) is 0 Å². The molecule has 2 heterocycles. The molecule has 1 saturated heterocycles. The van der Waals surface area contributed by atoms with Crippen molar-refractivity contribution in [3.05, 3.63) is 154 Å². The number of carbonyl (C=O) groups excluding carboxylic acids is 1. The maximum Gasteiger partial charge on any atom is 0.351 e. The van der Waals surface area contributed by atoms with Gasteiger partial charge in [0.25, 0.3) is 5.91 Å². The predicted molar refractivity (Wildman–Crippen MR) is 218 cm³/mol. The average Bonchev–Trinajstić information content (AvgIpc) is 3.50. The van der Waals surface area contributed by atoms with E-state index in [2.05, 4.69) is 44.2 Å². The van der Waals surface area contributed by atoms with Gasteiger partial charge in [-0.25, -0.2) is 4.79 Å². The lowest BCUT2D eigenvalue weighted by molar-refractivity contribution is -0.0956. The number of ether oxygens (including phenoxy) is 4. The summed E-state index contributed by atoms with van der Waals surface area (Å²) in [5, 5.41) is 14.7. The Balaban J connectivity index is 1.40. The van der Waals surface area contributed by atoms with E-state index in [-0.39, 0.29) is 17.5 Å². The predicted octanol–water partition coefficient (Wildman–Crippen LogP) is 7.48. The molecule has 5 aromatic rings. The molecule has 0 aliphatic carbocycles. The number of nitrogens with zero attached hydrogens (tertiary/aromatic N) is 2. The lowest BCUT2D eigenvalue weighted by Crippen LogP contribution is -2.49. The number of amides is 1. The number of carbonyl (C=O) groups is 1. The van der Waals surface area contributed by atoms with Gasteiger partial charge in [-0.3, -0.25) is 9.36 Å². The Hall–Kier alpha value is -5.11. The Morgan fingerprint density at radius 1 is 0.839 bits per heavy atom. The van der Waals surface area contributed by atoms with Crippen LogP contribution < -0.4 is 20.5 Å². The minimum Gasteiger partial charge on any atom is -0.497 e. The van der Waals surface area contributed by atoms with Crippen LogP contribution in [0.1, 0.15) is 59.6 Å². The molecule has 6 rings (SSSR count). The zero-order valence-corrected chi connectivity index (χ0v) is 34.2. The number of anilines is 1. The standard InChI is InChI=1S/C44H51N3O8Si/c1-29-27-47(42(50)46-39(29)45-40(49)30-15-11-9-12-16-30)41-38(55-56(7,8)43(2,3)4)37(48)36(54-41)28-53-44(31-17-13-10-14-18-31,32-19-23-34(51-5)24-20-32)33-21-25-35(52-6)26-22-33/h9-27,36-38,41,48H,28H2,1-8H3,(H,45,46,49,50)/t36-,37?,38?,41-/m1/s1. The van der Waals surface area contributed by atoms with Crippen LogP contribution in [0.3, 0.4) is 0 Å². The second-order valence-corrected chi connectivity index (χ2v) is 20.3. The van der Waals surface area contributed by atoms with Gasteiger partial charge in [-0.2, -0.15) is 4.98 Å². The maximum absolute atomic E-state index is 13.8. The molecule has 0 bridgehead atoms. The third-order valence-electron chi connectivity index (χ3n) is 10.9. The summed E-state index contributed by atoms with van der Waals surface area (Å²) in [5.74, 6) is 1.12. The SMILES string of the molecule is COc1ccc(C(OC[C@H]2O[C@@H](n3cc(C)c(NC(=O)c4ccccc4)nc3=O)C(O[Si](C)(C)C(C)(C)C)C2O)(c2ccccc2)c2ccc(OC)cc2)cc1. The van der Waals surface area contributed by atoms with Gasteiger partial charge >= 0.3 is 5.69 Å². The van der Waals surface area contributed by atoms with Gasteiger partial charge in [0, 0.05) is 17.3 Å². The fourth-order valence-corrected chi connectivity index (χ4v) is 7.94. The zero-order valence-electron chi connectivity index (χ0n) is 33.2. The Bertz CT molecular complexity index is 2110. The number of aliphatic hydroxyl groups excluding tert-OH is 1. The van der Waals surface area contributed by atoms with Gasteiger partial charge in [0.05, 0.1) is 20.8 Å². The molecule has 0 spiro atoms. The molecule has 12 heteroatoms. The minimum absolute atomic E-state index is 0.0889. The molecule has 4 atom stereocenters. The molecule has 0 saturated carbocycles. The topological polar surface area (TPSA) is 130 Å². The fraction of sp³-hybridized carbons (Fsp3) is 0.341. The highest BCUT2D eigenvalue weighted by Crippen LogP contribution is 2.45. The summed E-state index contributed by atoms with van der Waals surface area (Å²) in [4.78, 5) is 31.1. The van der Waals surface area contributed by atoms with Gasteiger partial charge in [-0.1, -0.05) is 93.6 Å². The van der Waals surface area contributed by atoms with Crippen LogP contribution in [0.2, 0.25) is 18.1 Å². The van der Waals surface area contributed by atoms with Crippen molar-refractivity contribution >= 4 is 20.0 Å². The highest BCUT2D eigenvalue weighted by Gasteiger charge is 2.52. The van der Waals surface area contributed by atoms with Gasteiger partial charge in [0.1, 0.15) is 41.2 Å². The molecule has 2 N–H and O–H groups in total. The first-order chi connectivity index (χ1) is 26.7. The first-order valence-corrected chi connectivity index (χ1v) is 21.6. The summed E-state index contributed by atoms with van der Waals surface area (Å²) < 4.78 is 33.0. The lowest BCUT2D eigenvalue weighted by Gasteiger charge is -2.40. The van der Waals surface area contributed by atoms with E-state index in [1.807, 2.05) is 84.9 Å². The van der Waals surface area contributed by atoms with Gasteiger partial charge in [-0.05, 0) is 78.1 Å². The number of aryl methyl sites for hydroxylation is 1. The monoisotopic (exact) mass is 777 g/mol. The van der Waals surface area contributed by atoms with Crippen molar-refractivity contribution in [2.24, 2.45) is 0 Å². The van der Waals surface area contributed by atoms with Crippen LogP contribution >= 0.6 is 0 Å². The molecule has 1 fully saturated rings. The largest absolute Gasteiger partial charge is 0.497 e. The zero-order chi connectivity index (χ0) is 40.3. The van der Waals surface area contributed by atoms with Crippen molar-refractivity contribution < 1.29 is 33.3 Å². The highest BCUT2D eigenvalue weighted by atomic mass is 28.4. The Kier molecular flexibility index (Phi) is 12.0. The van der Waals surface area contributed by atoms with Crippen molar-refractivity contribution in [1.82, 2.24) is 9.55 Å². The Morgan fingerprint density at radius 2 is 1.36 bits per heavy atom. The summed E-state index contributed by atoms with van der Waals surface area (Å²) >= 11 is 0. The van der Waals surface area contributed by atoms with Crippen LogP contribution in [0, 0.1) is 6.92 Å². The molecule has 1 aliphatic rings. The molecule has 294 valence electrons. The van der Waals surface area contributed by atoms with E-state index >= 15 is 0 Å². The van der Waals surface area contributed by atoms with Crippen molar-refractivity contribution in [2.75, 3.05) is 26.1 Å². The molecule has 1 aliphatic heterocycles. The lowest BCUT2D eigenvalue weighted by atomic mass is 9.80. The maximum atomic E-state index is 13.8. The van der Waals surface area contributed by atoms with Crippen molar-refractivity contribution in [1.29, 1.82) is 0 Å². The number of rotatable bonds is 13.